The van der Waals surface area contributed by atoms with E-state index in [1.54, 1.807) is 0 Å². The zero-order valence-electron chi connectivity index (χ0n) is 19.9. The highest BCUT2D eigenvalue weighted by molar-refractivity contribution is 6.15. The number of aryl methyl sites for hydroxylation is 2. The number of nitrogens with one attached hydrogen (secondary N) is 1. The first-order valence-electron chi connectivity index (χ1n) is 12.1. The standard InChI is InChI=1S/C31H21N5/c1-17-12-24-19-6-3-4-8-26(19)34-27(24)15-22(17)21-14-23-20-7-5-10-33-30(20)36-29-9-11-32-16-28(29)35-31(36)25(23)13-18(21)2/h3-16,34H,1-2H3. The Hall–Kier alpha value is -4.77. The van der Waals surface area contributed by atoms with Crippen LogP contribution in [0.15, 0.2) is 85.3 Å². The molecule has 0 radical (unpaired) electrons. The van der Waals surface area contributed by atoms with Crippen LogP contribution >= 0.6 is 0 Å². The van der Waals surface area contributed by atoms with Crippen LogP contribution < -0.4 is 0 Å². The smallest absolute Gasteiger partial charge is 0.147 e. The van der Waals surface area contributed by atoms with Gasteiger partial charge in [-0.1, -0.05) is 18.2 Å². The topological polar surface area (TPSA) is 58.9 Å². The molecule has 0 aliphatic carbocycles. The van der Waals surface area contributed by atoms with Crippen molar-refractivity contribution in [3.63, 3.8) is 0 Å². The summed E-state index contributed by atoms with van der Waals surface area (Å²) in [5.74, 6) is 0. The zero-order valence-corrected chi connectivity index (χ0v) is 19.9. The third-order valence-corrected chi connectivity index (χ3v) is 7.49. The van der Waals surface area contributed by atoms with Crippen LogP contribution in [-0.2, 0) is 0 Å². The van der Waals surface area contributed by atoms with Gasteiger partial charge in [-0.25, -0.2) is 9.97 Å². The summed E-state index contributed by atoms with van der Waals surface area (Å²) in [4.78, 5) is 17.7. The number of pyridine rings is 3. The van der Waals surface area contributed by atoms with Crippen LogP contribution in [0.5, 0.6) is 0 Å². The van der Waals surface area contributed by atoms with Gasteiger partial charge in [0.1, 0.15) is 16.8 Å². The van der Waals surface area contributed by atoms with E-state index in [1.807, 2.05) is 30.7 Å². The van der Waals surface area contributed by atoms with E-state index in [4.69, 9.17) is 9.97 Å². The summed E-state index contributed by atoms with van der Waals surface area (Å²) in [6.45, 7) is 4.40. The number of benzene rings is 3. The summed E-state index contributed by atoms with van der Waals surface area (Å²) in [6.07, 6.45) is 5.49. The molecule has 5 heterocycles. The predicted octanol–water partition coefficient (Wildman–Crippen LogP) is 7.50. The average Bonchev–Trinajstić information content (AvgIpc) is 3.47. The first-order valence-corrected chi connectivity index (χ1v) is 12.1. The molecule has 0 amide bonds. The molecule has 0 bridgehead atoms. The van der Waals surface area contributed by atoms with Crippen molar-refractivity contribution in [2.45, 2.75) is 13.8 Å². The summed E-state index contributed by atoms with van der Waals surface area (Å²) in [5, 5.41) is 5.92. The van der Waals surface area contributed by atoms with Crippen LogP contribution in [0.4, 0.5) is 0 Å². The van der Waals surface area contributed by atoms with E-state index in [1.165, 1.54) is 38.5 Å². The molecule has 0 unspecified atom stereocenters. The molecule has 8 aromatic rings. The molecule has 0 aliphatic heterocycles. The van der Waals surface area contributed by atoms with E-state index in [0.717, 1.165) is 44.0 Å². The number of para-hydroxylation sites is 1. The Bertz CT molecular complexity index is 2180. The Kier molecular flexibility index (Phi) is 3.74. The lowest BCUT2D eigenvalue weighted by Gasteiger charge is -2.14. The van der Waals surface area contributed by atoms with Crippen molar-refractivity contribution in [1.29, 1.82) is 0 Å². The molecule has 0 saturated heterocycles. The van der Waals surface area contributed by atoms with Crippen molar-refractivity contribution < 1.29 is 0 Å². The molecule has 5 aromatic heterocycles. The molecule has 170 valence electrons. The molecular weight excluding hydrogens is 442 g/mol. The summed E-state index contributed by atoms with van der Waals surface area (Å²) >= 11 is 0. The maximum absolute atomic E-state index is 4.98. The van der Waals surface area contributed by atoms with Crippen molar-refractivity contribution in [2.24, 2.45) is 0 Å². The fourth-order valence-corrected chi connectivity index (χ4v) is 5.82. The highest BCUT2D eigenvalue weighted by Crippen LogP contribution is 2.38. The molecule has 8 rings (SSSR count). The minimum atomic E-state index is 0.874. The van der Waals surface area contributed by atoms with Crippen LogP contribution in [0.2, 0.25) is 0 Å². The number of H-pyrrole nitrogens is 1. The minimum absolute atomic E-state index is 0.874. The molecular formula is C31H21N5. The minimum Gasteiger partial charge on any atom is -0.354 e. The van der Waals surface area contributed by atoms with Gasteiger partial charge >= 0.3 is 0 Å². The lowest BCUT2D eigenvalue weighted by atomic mass is 9.92. The molecule has 0 fully saturated rings. The van der Waals surface area contributed by atoms with Crippen LogP contribution in [0.3, 0.4) is 0 Å². The number of hydrogen-bond acceptors (Lipinski definition) is 3. The van der Waals surface area contributed by atoms with Crippen LogP contribution in [-0.4, -0.2) is 24.3 Å². The number of aromatic nitrogens is 5. The Labute approximate surface area is 206 Å². The highest BCUT2D eigenvalue weighted by Gasteiger charge is 2.17. The molecule has 1 N–H and O–H groups in total. The van der Waals surface area contributed by atoms with Crippen molar-refractivity contribution in [2.75, 3.05) is 0 Å². The van der Waals surface area contributed by atoms with Crippen molar-refractivity contribution in [3.8, 4) is 11.1 Å². The summed E-state index contributed by atoms with van der Waals surface area (Å²) in [7, 11) is 0. The fraction of sp³-hybridized carbons (Fsp3) is 0.0645. The molecule has 0 spiro atoms. The molecule has 0 saturated carbocycles. The lowest BCUT2D eigenvalue weighted by Crippen LogP contribution is -1.96. The molecule has 0 atom stereocenters. The maximum Gasteiger partial charge on any atom is 0.147 e. The van der Waals surface area contributed by atoms with Gasteiger partial charge in [0.2, 0.25) is 0 Å². The SMILES string of the molecule is Cc1cc2c(cc1-c1cc3c4cccnc4n4c5ccncc5nc4c3cc1C)[nH]c1ccccc12. The number of rotatable bonds is 1. The Morgan fingerprint density at radius 3 is 2.39 bits per heavy atom. The van der Waals surface area contributed by atoms with Gasteiger partial charge in [-0.15, -0.1) is 0 Å². The van der Waals surface area contributed by atoms with E-state index in [9.17, 15) is 0 Å². The van der Waals surface area contributed by atoms with E-state index in [0.29, 0.717) is 0 Å². The third-order valence-electron chi connectivity index (χ3n) is 7.49. The second kappa shape index (κ2) is 6.89. The summed E-state index contributed by atoms with van der Waals surface area (Å²) < 4.78 is 2.16. The predicted molar refractivity (Wildman–Crippen MR) is 148 cm³/mol. The van der Waals surface area contributed by atoms with E-state index in [2.05, 4.69) is 82.8 Å². The second-order valence-corrected chi connectivity index (χ2v) is 9.61. The lowest BCUT2D eigenvalue weighted by molar-refractivity contribution is 1.23. The number of fused-ring (bicyclic) bond motifs is 11. The second-order valence-electron chi connectivity index (χ2n) is 9.61. The van der Waals surface area contributed by atoms with Gasteiger partial charge in [0.15, 0.2) is 0 Å². The third kappa shape index (κ3) is 2.52. The fourth-order valence-electron chi connectivity index (χ4n) is 5.82. The quantitative estimate of drug-likeness (QED) is 0.256. The average molecular weight is 464 g/mol. The van der Waals surface area contributed by atoms with Gasteiger partial charge in [-0.3, -0.25) is 9.38 Å². The largest absolute Gasteiger partial charge is 0.354 e. The Morgan fingerprint density at radius 2 is 1.47 bits per heavy atom. The van der Waals surface area contributed by atoms with Crippen LogP contribution in [0, 0.1) is 13.8 Å². The van der Waals surface area contributed by atoms with E-state index in [-0.39, 0.29) is 0 Å². The van der Waals surface area contributed by atoms with Gasteiger partial charge in [-0.2, -0.15) is 0 Å². The number of hydrogen-bond donors (Lipinski definition) is 1. The van der Waals surface area contributed by atoms with Gasteiger partial charge in [0.25, 0.3) is 0 Å². The van der Waals surface area contributed by atoms with E-state index >= 15 is 0 Å². The van der Waals surface area contributed by atoms with Crippen molar-refractivity contribution in [3.05, 3.63) is 96.4 Å². The molecule has 0 aliphatic rings. The first-order chi connectivity index (χ1) is 17.7. The number of aromatic amines is 1. The van der Waals surface area contributed by atoms with E-state index < -0.39 is 0 Å². The van der Waals surface area contributed by atoms with Crippen molar-refractivity contribution >= 4 is 60.3 Å². The molecule has 36 heavy (non-hydrogen) atoms. The van der Waals surface area contributed by atoms with Gasteiger partial charge in [0, 0.05) is 45.0 Å². The monoisotopic (exact) mass is 463 g/mol. The van der Waals surface area contributed by atoms with Gasteiger partial charge in [0.05, 0.1) is 11.7 Å². The summed E-state index contributed by atoms with van der Waals surface area (Å²) in [6, 6.07) is 23.9. The van der Waals surface area contributed by atoms with Gasteiger partial charge in [-0.05, 0) is 90.0 Å². The van der Waals surface area contributed by atoms with Gasteiger partial charge < -0.3 is 4.98 Å². The Balaban J connectivity index is 1.49. The van der Waals surface area contributed by atoms with Crippen LogP contribution in [0.25, 0.3) is 71.4 Å². The zero-order chi connectivity index (χ0) is 24.0. The first kappa shape index (κ1) is 19.5. The molecule has 5 heteroatoms. The van der Waals surface area contributed by atoms with Crippen LogP contribution in [0.1, 0.15) is 11.1 Å². The summed E-state index contributed by atoms with van der Waals surface area (Å²) in [5.41, 5.74) is 11.0. The van der Waals surface area contributed by atoms with Crippen molar-refractivity contribution in [1.82, 2.24) is 24.3 Å². The molecule has 5 nitrogen and oxygen atoms in total. The molecule has 3 aromatic carbocycles. The number of imidazole rings is 1. The maximum atomic E-state index is 4.98. The number of nitrogens with zero attached hydrogens (tertiary/aromatic N) is 4. The highest BCUT2D eigenvalue weighted by atomic mass is 15.1. The Morgan fingerprint density at radius 1 is 0.667 bits per heavy atom. The normalized spacial score (nSPS) is 12.2.